The minimum Gasteiger partial charge on any atom is -0.493 e. The van der Waals surface area contributed by atoms with Crippen LogP contribution in [0.25, 0.3) is 0 Å². The van der Waals surface area contributed by atoms with Crippen molar-refractivity contribution in [3.8, 4) is 11.5 Å². The van der Waals surface area contributed by atoms with E-state index in [1.807, 2.05) is 18.2 Å². The van der Waals surface area contributed by atoms with E-state index in [0.29, 0.717) is 28.6 Å². The number of para-hydroxylation sites is 1. The van der Waals surface area contributed by atoms with Crippen molar-refractivity contribution in [2.75, 3.05) is 33.3 Å². The normalized spacial score (nSPS) is 11.2. The molecule has 0 fully saturated rings. The highest BCUT2D eigenvalue weighted by Gasteiger charge is 2.14. The zero-order chi connectivity index (χ0) is 23.2. The number of rotatable bonds is 16. The summed E-state index contributed by atoms with van der Waals surface area (Å²) in [6, 6.07) is 10.4. The van der Waals surface area contributed by atoms with Crippen LogP contribution in [0, 0.1) is 5.82 Å². The highest BCUT2D eigenvalue weighted by Crippen LogP contribution is 2.32. The first-order chi connectivity index (χ1) is 15.6. The second kappa shape index (κ2) is 15.1. The highest BCUT2D eigenvalue weighted by atomic mass is 35.5. The van der Waals surface area contributed by atoms with Gasteiger partial charge in [0.15, 0.2) is 11.5 Å². The number of nitrogens with zero attached hydrogens (tertiary/aromatic N) is 1. The van der Waals surface area contributed by atoms with Gasteiger partial charge in [-0.15, -0.1) is 0 Å². The summed E-state index contributed by atoms with van der Waals surface area (Å²) in [5.74, 6) is 0.874. The second-order valence-corrected chi connectivity index (χ2v) is 8.42. The molecule has 0 saturated heterocycles. The molecule has 0 amide bonds. The topological polar surface area (TPSA) is 33.7 Å². The lowest BCUT2D eigenvalue weighted by Gasteiger charge is -2.22. The number of ether oxygens (including phenoxy) is 2. The number of hydrogen-bond donors (Lipinski definition) is 1. The summed E-state index contributed by atoms with van der Waals surface area (Å²) in [6.45, 7) is 9.59. The molecule has 178 valence electrons. The van der Waals surface area contributed by atoms with E-state index in [9.17, 15) is 4.39 Å². The fourth-order valence-electron chi connectivity index (χ4n) is 3.59. The van der Waals surface area contributed by atoms with Crippen molar-refractivity contribution >= 4 is 11.6 Å². The average Bonchev–Trinajstić information content (AvgIpc) is 2.80. The van der Waals surface area contributed by atoms with Gasteiger partial charge in [-0.05, 0) is 63.6 Å². The van der Waals surface area contributed by atoms with Crippen molar-refractivity contribution in [3.05, 3.63) is 58.4 Å². The Balaban J connectivity index is 1.91. The smallest absolute Gasteiger partial charge is 0.166 e. The Morgan fingerprint density at radius 3 is 2.31 bits per heavy atom. The Hall–Kier alpha value is -1.82. The molecule has 2 aromatic rings. The monoisotopic (exact) mass is 464 g/mol. The Morgan fingerprint density at radius 1 is 0.969 bits per heavy atom. The molecule has 4 nitrogen and oxygen atoms in total. The molecule has 0 unspecified atom stereocenters. The Labute approximate surface area is 198 Å². The van der Waals surface area contributed by atoms with Crippen LogP contribution >= 0.6 is 11.6 Å². The quantitative estimate of drug-likeness (QED) is 0.289. The molecule has 2 aromatic carbocycles. The number of methoxy groups -OCH3 is 1. The molecule has 0 spiro atoms. The van der Waals surface area contributed by atoms with Crippen LogP contribution in [-0.4, -0.2) is 38.2 Å². The van der Waals surface area contributed by atoms with E-state index >= 15 is 0 Å². The third kappa shape index (κ3) is 8.61. The molecule has 32 heavy (non-hydrogen) atoms. The van der Waals surface area contributed by atoms with Crippen LogP contribution in [0.1, 0.15) is 57.1 Å². The molecule has 0 aliphatic rings. The van der Waals surface area contributed by atoms with E-state index in [0.717, 1.165) is 25.1 Å². The lowest BCUT2D eigenvalue weighted by molar-refractivity contribution is 0.260. The molecule has 1 N–H and O–H groups in total. The van der Waals surface area contributed by atoms with Crippen molar-refractivity contribution in [2.24, 2.45) is 0 Å². The lowest BCUT2D eigenvalue weighted by Crippen LogP contribution is -2.29. The van der Waals surface area contributed by atoms with E-state index in [1.165, 1.54) is 44.8 Å². The van der Waals surface area contributed by atoms with Gasteiger partial charge < -0.3 is 19.7 Å². The van der Waals surface area contributed by atoms with E-state index in [1.54, 1.807) is 19.2 Å². The third-order valence-electron chi connectivity index (χ3n) is 5.50. The SMILES string of the molecule is CCCCN(CCCC)CCCNCc1cccc(OC)c1OCc1c(F)cccc1Cl. The molecular weight excluding hydrogens is 427 g/mol. The van der Waals surface area contributed by atoms with Crippen molar-refractivity contribution in [1.29, 1.82) is 0 Å². The number of hydrogen-bond acceptors (Lipinski definition) is 4. The summed E-state index contributed by atoms with van der Waals surface area (Å²) in [7, 11) is 1.61. The van der Waals surface area contributed by atoms with Gasteiger partial charge in [-0.2, -0.15) is 0 Å². The summed E-state index contributed by atoms with van der Waals surface area (Å²) in [5.41, 5.74) is 1.32. The Bertz CT molecular complexity index is 775. The maximum Gasteiger partial charge on any atom is 0.166 e. The summed E-state index contributed by atoms with van der Waals surface area (Å²) in [6.07, 6.45) is 6.08. The molecule has 0 bridgehead atoms. The zero-order valence-electron chi connectivity index (χ0n) is 19.8. The van der Waals surface area contributed by atoms with E-state index in [2.05, 4.69) is 24.1 Å². The van der Waals surface area contributed by atoms with Crippen LogP contribution in [0.2, 0.25) is 5.02 Å². The van der Waals surface area contributed by atoms with Crippen molar-refractivity contribution in [1.82, 2.24) is 10.2 Å². The van der Waals surface area contributed by atoms with Gasteiger partial charge in [-0.25, -0.2) is 4.39 Å². The second-order valence-electron chi connectivity index (χ2n) is 8.02. The molecule has 0 radical (unpaired) electrons. The van der Waals surface area contributed by atoms with Gasteiger partial charge in [0, 0.05) is 17.7 Å². The number of halogens is 2. The molecule has 0 saturated carbocycles. The largest absolute Gasteiger partial charge is 0.493 e. The third-order valence-corrected chi connectivity index (χ3v) is 5.86. The predicted octanol–water partition coefficient (Wildman–Crippen LogP) is 6.45. The highest BCUT2D eigenvalue weighted by molar-refractivity contribution is 6.31. The minimum absolute atomic E-state index is 0.0443. The molecule has 0 aliphatic heterocycles. The van der Waals surface area contributed by atoms with Crippen molar-refractivity contribution < 1.29 is 13.9 Å². The number of benzene rings is 2. The van der Waals surface area contributed by atoms with Gasteiger partial charge in [0.1, 0.15) is 12.4 Å². The van der Waals surface area contributed by atoms with Crippen LogP contribution in [0.5, 0.6) is 11.5 Å². The number of nitrogens with one attached hydrogen (secondary N) is 1. The minimum atomic E-state index is -0.372. The summed E-state index contributed by atoms with van der Waals surface area (Å²) < 4.78 is 25.6. The van der Waals surface area contributed by atoms with Gasteiger partial charge in [0.25, 0.3) is 0 Å². The molecule has 2 rings (SSSR count). The summed E-state index contributed by atoms with van der Waals surface area (Å²) >= 11 is 6.15. The summed E-state index contributed by atoms with van der Waals surface area (Å²) in [5, 5.41) is 3.88. The maximum absolute atomic E-state index is 14.1. The van der Waals surface area contributed by atoms with Gasteiger partial charge in [-0.1, -0.05) is 56.5 Å². The Morgan fingerprint density at radius 2 is 1.66 bits per heavy atom. The van der Waals surface area contributed by atoms with E-state index < -0.39 is 0 Å². The molecule has 0 heterocycles. The molecule has 0 atom stereocenters. The summed E-state index contributed by atoms with van der Waals surface area (Å²) in [4.78, 5) is 2.58. The van der Waals surface area contributed by atoms with E-state index in [4.69, 9.17) is 21.1 Å². The van der Waals surface area contributed by atoms with Crippen LogP contribution in [0.3, 0.4) is 0 Å². The van der Waals surface area contributed by atoms with Crippen molar-refractivity contribution in [3.63, 3.8) is 0 Å². The van der Waals surface area contributed by atoms with Crippen LogP contribution in [0.4, 0.5) is 4.39 Å². The van der Waals surface area contributed by atoms with Crippen molar-refractivity contribution in [2.45, 2.75) is 59.1 Å². The van der Waals surface area contributed by atoms with Gasteiger partial charge in [-0.3, -0.25) is 0 Å². The molecular formula is C26H38ClFN2O2. The molecule has 0 aliphatic carbocycles. The number of unbranched alkanes of at least 4 members (excludes halogenated alkanes) is 2. The molecule has 0 aromatic heterocycles. The van der Waals surface area contributed by atoms with Gasteiger partial charge >= 0.3 is 0 Å². The van der Waals surface area contributed by atoms with Gasteiger partial charge in [0.2, 0.25) is 0 Å². The first-order valence-corrected chi connectivity index (χ1v) is 12.1. The predicted molar refractivity (Wildman–Crippen MR) is 131 cm³/mol. The fraction of sp³-hybridized carbons (Fsp3) is 0.538. The Kier molecular flexibility index (Phi) is 12.5. The lowest BCUT2D eigenvalue weighted by atomic mass is 10.1. The van der Waals surface area contributed by atoms with Gasteiger partial charge in [0.05, 0.1) is 12.1 Å². The maximum atomic E-state index is 14.1. The van der Waals surface area contributed by atoms with Crippen LogP contribution < -0.4 is 14.8 Å². The van der Waals surface area contributed by atoms with Crippen LogP contribution in [-0.2, 0) is 13.2 Å². The fourth-order valence-corrected chi connectivity index (χ4v) is 3.81. The van der Waals surface area contributed by atoms with E-state index in [-0.39, 0.29) is 12.4 Å². The first-order valence-electron chi connectivity index (χ1n) is 11.7. The molecule has 6 heteroatoms. The average molecular weight is 465 g/mol. The van der Waals surface area contributed by atoms with Crippen LogP contribution in [0.15, 0.2) is 36.4 Å². The first kappa shape index (κ1) is 26.4. The standard InChI is InChI=1S/C26H38ClFN2O2/c1-4-6-16-30(17-7-5-2)18-10-15-29-19-21-11-8-14-25(31-3)26(21)32-20-22-23(27)12-9-13-24(22)28/h8-9,11-14,29H,4-7,10,15-20H2,1-3H3. The zero-order valence-corrected chi connectivity index (χ0v) is 20.5.